The maximum atomic E-state index is 12.4. The molecular weight excluding hydrogens is 250 g/mol. The Balaban J connectivity index is 1.89. The molecule has 18 heavy (non-hydrogen) atoms. The average molecular weight is 271 g/mol. The van der Waals surface area contributed by atoms with Crippen LogP contribution in [0.3, 0.4) is 0 Å². The van der Waals surface area contributed by atoms with Gasteiger partial charge in [-0.2, -0.15) is 0 Å². The molecule has 102 valence electrons. The molecule has 1 saturated heterocycles. The molecule has 2 aliphatic rings. The number of amides is 1. The Labute approximate surface area is 112 Å². The quantitative estimate of drug-likeness (QED) is 0.343. The zero-order valence-corrected chi connectivity index (χ0v) is 11.4. The molecular formula is C12H21N3O2S. The fraction of sp³-hybridized carbons (Fsp3) is 0.833. The summed E-state index contributed by atoms with van der Waals surface area (Å²) in [5, 5.41) is 11.6. The molecule has 6 heteroatoms. The Kier molecular flexibility index (Phi) is 4.74. The van der Waals surface area contributed by atoms with Gasteiger partial charge in [-0.3, -0.25) is 4.79 Å². The third-order valence-electron chi connectivity index (χ3n) is 3.46. The van der Waals surface area contributed by atoms with E-state index in [1.54, 1.807) is 11.8 Å². The van der Waals surface area contributed by atoms with E-state index in [0.717, 1.165) is 31.4 Å². The molecule has 1 aliphatic carbocycles. The first kappa shape index (κ1) is 13.5. The van der Waals surface area contributed by atoms with Crippen molar-refractivity contribution in [3.63, 3.8) is 0 Å². The summed E-state index contributed by atoms with van der Waals surface area (Å²) in [5.41, 5.74) is 5.48. The fourth-order valence-electron chi connectivity index (χ4n) is 2.26. The van der Waals surface area contributed by atoms with Gasteiger partial charge < -0.3 is 15.8 Å². The van der Waals surface area contributed by atoms with Gasteiger partial charge in [-0.25, -0.2) is 0 Å². The van der Waals surface area contributed by atoms with Crippen LogP contribution in [0.4, 0.5) is 0 Å². The number of carbonyl (C=O) groups is 1. The summed E-state index contributed by atoms with van der Waals surface area (Å²) >= 11 is 1.78. The fourth-order valence-corrected chi connectivity index (χ4v) is 3.53. The van der Waals surface area contributed by atoms with E-state index < -0.39 is 0 Å². The van der Waals surface area contributed by atoms with Gasteiger partial charge in [0.15, 0.2) is 0 Å². The topological polar surface area (TPSA) is 78.9 Å². The lowest BCUT2D eigenvalue weighted by molar-refractivity contribution is -0.131. The van der Waals surface area contributed by atoms with Crippen LogP contribution in [0.25, 0.3) is 0 Å². The lowest BCUT2D eigenvalue weighted by Crippen LogP contribution is -2.41. The molecule has 5 nitrogen and oxygen atoms in total. The predicted molar refractivity (Wildman–Crippen MR) is 72.9 cm³/mol. The van der Waals surface area contributed by atoms with Gasteiger partial charge in [0.1, 0.15) is 5.84 Å². The first-order chi connectivity index (χ1) is 8.72. The first-order valence-corrected chi connectivity index (χ1v) is 7.65. The highest BCUT2D eigenvalue weighted by Crippen LogP contribution is 2.32. The SMILES string of the molecule is NC(CCN(C(=O)C1CCCCS1)C1CC1)=NO. The molecule has 1 amide bonds. The van der Waals surface area contributed by atoms with Crippen LogP contribution in [0, 0.1) is 0 Å². The van der Waals surface area contributed by atoms with E-state index >= 15 is 0 Å². The first-order valence-electron chi connectivity index (χ1n) is 6.61. The summed E-state index contributed by atoms with van der Waals surface area (Å²) in [5.74, 6) is 1.55. The monoisotopic (exact) mass is 271 g/mol. The van der Waals surface area contributed by atoms with Crippen molar-refractivity contribution < 1.29 is 10.0 Å². The van der Waals surface area contributed by atoms with Crippen LogP contribution < -0.4 is 5.73 Å². The third-order valence-corrected chi connectivity index (χ3v) is 4.83. The van der Waals surface area contributed by atoms with Gasteiger partial charge >= 0.3 is 0 Å². The molecule has 2 rings (SSSR count). The zero-order chi connectivity index (χ0) is 13.0. The maximum Gasteiger partial charge on any atom is 0.235 e. The smallest absolute Gasteiger partial charge is 0.235 e. The van der Waals surface area contributed by atoms with Crippen molar-refractivity contribution in [3.05, 3.63) is 0 Å². The largest absolute Gasteiger partial charge is 0.409 e. The van der Waals surface area contributed by atoms with E-state index in [4.69, 9.17) is 10.9 Å². The van der Waals surface area contributed by atoms with E-state index in [2.05, 4.69) is 5.16 Å². The van der Waals surface area contributed by atoms with Gasteiger partial charge in [0.25, 0.3) is 0 Å². The van der Waals surface area contributed by atoms with Gasteiger partial charge in [0, 0.05) is 19.0 Å². The molecule has 0 radical (unpaired) electrons. The van der Waals surface area contributed by atoms with E-state index in [1.807, 2.05) is 4.90 Å². The van der Waals surface area contributed by atoms with Crippen molar-refractivity contribution in [2.45, 2.75) is 49.8 Å². The van der Waals surface area contributed by atoms with Gasteiger partial charge in [-0.05, 0) is 31.4 Å². The highest BCUT2D eigenvalue weighted by Gasteiger charge is 2.36. The number of rotatable bonds is 5. The number of nitrogens with two attached hydrogens (primary N) is 1. The summed E-state index contributed by atoms with van der Waals surface area (Å²) in [7, 11) is 0. The lowest BCUT2D eigenvalue weighted by Gasteiger charge is -2.29. The number of hydrogen-bond donors (Lipinski definition) is 2. The van der Waals surface area contributed by atoms with Crippen LogP contribution in [0.1, 0.15) is 38.5 Å². The second kappa shape index (κ2) is 6.31. The van der Waals surface area contributed by atoms with Crippen molar-refractivity contribution in [1.82, 2.24) is 4.90 Å². The second-order valence-corrected chi connectivity index (χ2v) is 6.27. The number of oxime groups is 1. The van der Waals surface area contributed by atoms with Crippen LogP contribution in [0.5, 0.6) is 0 Å². The van der Waals surface area contributed by atoms with Crippen LogP contribution in [-0.4, -0.2) is 45.4 Å². The minimum atomic E-state index is 0.131. The standard InChI is InChI=1S/C12H21N3O2S/c13-11(14-17)6-7-15(9-4-5-9)12(16)10-3-1-2-8-18-10/h9-10,17H,1-8H2,(H2,13,14). The summed E-state index contributed by atoms with van der Waals surface area (Å²) in [4.78, 5) is 14.4. The van der Waals surface area contributed by atoms with Gasteiger partial charge in [0.05, 0.1) is 5.25 Å². The lowest BCUT2D eigenvalue weighted by atomic mass is 10.1. The zero-order valence-electron chi connectivity index (χ0n) is 10.5. The van der Waals surface area contributed by atoms with E-state index in [1.165, 1.54) is 6.42 Å². The Morgan fingerprint density at radius 1 is 1.39 bits per heavy atom. The highest BCUT2D eigenvalue weighted by molar-refractivity contribution is 8.00. The Morgan fingerprint density at radius 3 is 2.72 bits per heavy atom. The number of amidine groups is 1. The summed E-state index contributed by atoms with van der Waals surface area (Å²) in [6.07, 6.45) is 6.02. The van der Waals surface area contributed by atoms with E-state index in [9.17, 15) is 4.79 Å². The normalized spacial score (nSPS) is 24.9. The van der Waals surface area contributed by atoms with Crippen molar-refractivity contribution in [3.8, 4) is 0 Å². The minimum absolute atomic E-state index is 0.131. The van der Waals surface area contributed by atoms with E-state index in [0.29, 0.717) is 19.0 Å². The third kappa shape index (κ3) is 3.54. The molecule has 1 atom stereocenters. The summed E-state index contributed by atoms with van der Waals surface area (Å²) in [6, 6.07) is 0.395. The average Bonchev–Trinajstić information content (AvgIpc) is 3.24. The molecule has 2 fully saturated rings. The Hall–Kier alpha value is -0.910. The molecule has 0 bridgehead atoms. The molecule has 1 aliphatic heterocycles. The number of thioether (sulfide) groups is 1. The predicted octanol–water partition coefficient (Wildman–Crippen LogP) is 1.40. The maximum absolute atomic E-state index is 12.4. The van der Waals surface area contributed by atoms with Crippen molar-refractivity contribution in [2.75, 3.05) is 12.3 Å². The molecule has 0 spiro atoms. The summed E-state index contributed by atoms with van der Waals surface area (Å²) in [6.45, 7) is 0.580. The molecule has 3 N–H and O–H groups in total. The minimum Gasteiger partial charge on any atom is -0.409 e. The Morgan fingerprint density at radius 2 is 2.17 bits per heavy atom. The molecule has 0 aromatic rings. The van der Waals surface area contributed by atoms with Gasteiger partial charge in [-0.1, -0.05) is 11.6 Å². The Bertz CT molecular complexity index is 325. The van der Waals surface area contributed by atoms with Crippen molar-refractivity contribution in [2.24, 2.45) is 10.9 Å². The van der Waals surface area contributed by atoms with Crippen LogP contribution in [0.2, 0.25) is 0 Å². The van der Waals surface area contributed by atoms with Crippen molar-refractivity contribution >= 4 is 23.5 Å². The molecule has 0 aromatic carbocycles. The molecule has 1 saturated carbocycles. The second-order valence-electron chi connectivity index (χ2n) is 4.96. The molecule has 0 aromatic heterocycles. The summed E-state index contributed by atoms with van der Waals surface area (Å²) < 4.78 is 0. The number of nitrogens with zero attached hydrogens (tertiary/aromatic N) is 2. The number of hydrogen-bond acceptors (Lipinski definition) is 4. The van der Waals surface area contributed by atoms with Crippen LogP contribution in [-0.2, 0) is 4.79 Å². The van der Waals surface area contributed by atoms with E-state index in [-0.39, 0.29) is 17.0 Å². The molecule has 1 heterocycles. The highest BCUT2D eigenvalue weighted by atomic mass is 32.2. The molecule has 1 unspecified atom stereocenters. The van der Waals surface area contributed by atoms with Gasteiger partial charge in [0.2, 0.25) is 5.91 Å². The van der Waals surface area contributed by atoms with Crippen LogP contribution in [0.15, 0.2) is 5.16 Å². The number of carbonyl (C=O) groups excluding carboxylic acids is 1. The van der Waals surface area contributed by atoms with Crippen molar-refractivity contribution in [1.29, 1.82) is 0 Å². The van der Waals surface area contributed by atoms with Crippen LogP contribution >= 0.6 is 11.8 Å². The van der Waals surface area contributed by atoms with Gasteiger partial charge in [-0.15, -0.1) is 11.8 Å².